The van der Waals surface area contributed by atoms with Gasteiger partial charge in [0.05, 0.1) is 6.26 Å². The summed E-state index contributed by atoms with van der Waals surface area (Å²) in [5, 5.41) is 2.96. The first-order valence-corrected chi connectivity index (χ1v) is 8.92. The minimum absolute atomic E-state index is 0.175. The lowest BCUT2D eigenvalue weighted by atomic mass is 9.88. The Labute approximate surface area is 115 Å². The Morgan fingerprint density at radius 3 is 2.58 bits per heavy atom. The van der Waals surface area contributed by atoms with Crippen molar-refractivity contribution in [3.05, 3.63) is 0 Å². The molecule has 2 fully saturated rings. The minimum atomic E-state index is -3.11. The molecule has 2 saturated carbocycles. The lowest BCUT2D eigenvalue weighted by molar-refractivity contribution is -0.126. The summed E-state index contributed by atoms with van der Waals surface area (Å²) in [5.41, 5.74) is 0. The topological polar surface area (TPSA) is 66.5 Å². The maximum absolute atomic E-state index is 12.0. The van der Waals surface area contributed by atoms with Gasteiger partial charge in [-0.1, -0.05) is 6.42 Å². The van der Waals surface area contributed by atoms with Gasteiger partial charge in [0, 0.05) is 26.1 Å². The fourth-order valence-electron chi connectivity index (χ4n) is 3.38. The summed E-state index contributed by atoms with van der Waals surface area (Å²) in [6.45, 7) is 1.02. The number of hydrogen-bond donors (Lipinski definition) is 1. The van der Waals surface area contributed by atoms with Crippen LogP contribution in [-0.4, -0.2) is 45.0 Å². The molecule has 1 amide bonds. The molecule has 1 N–H and O–H groups in total. The van der Waals surface area contributed by atoms with Crippen LogP contribution in [0.3, 0.4) is 0 Å². The van der Waals surface area contributed by atoms with Gasteiger partial charge in [-0.25, -0.2) is 12.7 Å². The molecule has 0 spiro atoms. The molecule has 2 aliphatic carbocycles. The molecule has 0 heterocycles. The Morgan fingerprint density at radius 1 is 1.32 bits per heavy atom. The number of carbonyl (C=O) groups is 1. The Morgan fingerprint density at radius 2 is 2.05 bits per heavy atom. The van der Waals surface area contributed by atoms with E-state index in [1.54, 1.807) is 7.05 Å². The number of amides is 1. The molecule has 3 atom stereocenters. The van der Waals surface area contributed by atoms with Crippen molar-refractivity contribution in [1.29, 1.82) is 0 Å². The van der Waals surface area contributed by atoms with Crippen molar-refractivity contribution in [3.8, 4) is 0 Å². The quantitative estimate of drug-likeness (QED) is 0.736. The zero-order valence-corrected chi connectivity index (χ0v) is 12.6. The van der Waals surface area contributed by atoms with Crippen LogP contribution in [0.5, 0.6) is 0 Å². The van der Waals surface area contributed by atoms with Crippen LogP contribution in [-0.2, 0) is 14.8 Å². The lowest BCUT2D eigenvalue weighted by Crippen LogP contribution is -2.36. The second kappa shape index (κ2) is 5.79. The first-order valence-electron chi connectivity index (χ1n) is 7.07. The number of nitrogens with zero attached hydrogens (tertiary/aromatic N) is 1. The fraction of sp³-hybridized carbons (Fsp3) is 0.923. The van der Waals surface area contributed by atoms with Crippen LogP contribution >= 0.6 is 0 Å². The van der Waals surface area contributed by atoms with Crippen molar-refractivity contribution in [1.82, 2.24) is 9.62 Å². The van der Waals surface area contributed by atoms with Crippen LogP contribution in [0.4, 0.5) is 0 Å². The predicted molar refractivity (Wildman–Crippen MR) is 74.0 cm³/mol. The zero-order valence-electron chi connectivity index (χ0n) is 11.8. The first kappa shape index (κ1) is 14.8. The van der Waals surface area contributed by atoms with E-state index in [0.29, 0.717) is 25.4 Å². The van der Waals surface area contributed by atoms with Crippen LogP contribution in [0.15, 0.2) is 0 Å². The van der Waals surface area contributed by atoms with Gasteiger partial charge in [0.2, 0.25) is 15.9 Å². The zero-order chi connectivity index (χ0) is 14.0. The average molecular weight is 288 g/mol. The molecule has 0 radical (unpaired) electrons. The van der Waals surface area contributed by atoms with Crippen molar-refractivity contribution in [2.75, 3.05) is 26.4 Å². The molecule has 110 valence electrons. The molecule has 3 unspecified atom stereocenters. The highest BCUT2D eigenvalue weighted by Crippen LogP contribution is 2.48. The van der Waals surface area contributed by atoms with Crippen LogP contribution in [0, 0.1) is 17.8 Å². The standard InChI is InChI=1S/C13H24N2O3S/c1-15(19(2,17)18)7-3-6-14-13(16)12-9-10-4-5-11(12)8-10/h10-12H,3-9H2,1-2H3,(H,14,16). The molecule has 19 heavy (non-hydrogen) atoms. The largest absolute Gasteiger partial charge is 0.356 e. The monoisotopic (exact) mass is 288 g/mol. The predicted octanol–water partition coefficient (Wildman–Crippen LogP) is 0.820. The van der Waals surface area contributed by atoms with Gasteiger partial charge in [-0.3, -0.25) is 4.79 Å². The Bertz CT molecular complexity index is 435. The van der Waals surface area contributed by atoms with Gasteiger partial charge in [0.25, 0.3) is 0 Å². The van der Waals surface area contributed by atoms with E-state index in [0.717, 1.165) is 12.3 Å². The van der Waals surface area contributed by atoms with E-state index in [1.807, 2.05) is 0 Å². The van der Waals surface area contributed by atoms with E-state index in [-0.39, 0.29) is 11.8 Å². The molecule has 5 nitrogen and oxygen atoms in total. The molecule has 0 saturated heterocycles. The fourth-order valence-corrected chi connectivity index (χ4v) is 3.84. The molecule has 0 aromatic carbocycles. The summed E-state index contributed by atoms with van der Waals surface area (Å²) in [6, 6.07) is 0. The van der Waals surface area contributed by atoms with Gasteiger partial charge in [0.1, 0.15) is 0 Å². The second-order valence-corrected chi connectivity index (χ2v) is 8.10. The van der Waals surface area contributed by atoms with Crippen molar-refractivity contribution < 1.29 is 13.2 Å². The molecule has 2 rings (SSSR count). The van der Waals surface area contributed by atoms with E-state index < -0.39 is 10.0 Å². The van der Waals surface area contributed by atoms with Gasteiger partial charge >= 0.3 is 0 Å². The summed E-state index contributed by atoms with van der Waals surface area (Å²) in [5.74, 6) is 1.77. The maximum Gasteiger partial charge on any atom is 0.223 e. The summed E-state index contributed by atoms with van der Waals surface area (Å²) < 4.78 is 23.7. The normalized spacial score (nSPS) is 29.9. The van der Waals surface area contributed by atoms with Gasteiger partial charge in [0.15, 0.2) is 0 Å². The molecule has 2 bridgehead atoms. The Kier molecular flexibility index (Phi) is 4.50. The molecule has 6 heteroatoms. The average Bonchev–Trinajstić information content (AvgIpc) is 2.94. The summed E-state index contributed by atoms with van der Waals surface area (Å²) >= 11 is 0. The van der Waals surface area contributed by atoms with Crippen LogP contribution in [0.2, 0.25) is 0 Å². The van der Waals surface area contributed by atoms with Crippen molar-refractivity contribution in [2.24, 2.45) is 17.8 Å². The first-order chi connectivity index (χ1) is 8.88. The highest BCUT2D eigenvalue weighted by molar-refractivity contribution is 7.88. The highest BCUT2D eigenvalue weighted by atomic mass is 32.2. The van der Waals surface area contributed by atoms with Crippen molar-refractivity contribution in [2.45, 2.75) is 32.1 Å². The van der Waals surface area contributed by atoms with Gasteiger partial charge in [-0.05, 0) is 37.5 Å². The SMILES string of the molecule is CN(CCCNC(=O)C1CC2CCC1C2)S(C)(=O)=O. The maximum atomic E-state index is 12.0. The lowest BCUT2D eigenvalue weighted by Gasteiger charge is -2.21. The summed E-state index contributed by atoms with van der Waals surface area (Å²) in [4.78, 5) is 12.0. The Balaban J connectivity index is 1.65. The number of nitrogens with one attached hydrogen (secondary N) is 1. The van der Waals surface area contributed by atoms with E-state index in [9.17, 15) is 13.2 Å². The van der Waals surface area contributed by atoms with E-state index >= 15 is 0 Å². The third-order valence-corrected chi connectivity index (χ3v) is 5.90. The molecule has 0 aliphatic heterocycles. The van der Waals surface area contributed by atoms with Crippen molar-refractivity contribution in [3.63, 3.8) is 0 Å². The number of sulfonamides is 1. The Hall–Kier alpha value is -0.620. The third-order valence-electron chi connectivity index (χ3n) is 4.59. The number of hydrogen-bond acceptors (Lipinski definition) is 3. The summed E-state index contributed by atoms with van der Waals surface area (Å²) in [6.07, 6.45) is 6.65. The van der Waals surface area contributed by atoms with Crippen LogP contribution in [0.1, 0.15) is 32.1 Å². The highest BCUT2D eigenvalue weighted by Gasteiger charge is 2.42. The van der Waals surface area contributed by atoms with E-state index in [2.05, 4.69) is 5.32 Å². The number of fused-ring (bicyclic) bond motifs is 2. The summed E-state index contributed by atoms with van der Waals surface area (Å²) in [7, 11) is -1.54. The third kappa shape index (κ3) is 3.69. The van der Waals surface area contributed by atoms with Gasteiger partial charge < -0.3 is 5.32 Å². The minimum Gasteiger partial charge on any atom is -0.356 e. The molecular formula is C13H24N2O3S. The van der Waals surface area contributed by atoms with E-state index in [1.165, 1.54) is 29.8 Å². The smallest absolute Gasteiger partial charge is 0.223 e. The van der Waals surface area contributed by atoms with E-state index in [4.69, 9.17) is 0 Å². The second-order valence-electron chi connectivity index (χ2n) is 6.01. The van der Waals surface area contributed by atoms with Crippen LogP contribution in [0.25, 0.3) is 0 Å². The number of carbonyl (C=O) groups excluding carboxylic acids is 1. The van der Waals surface area contributed by atoms with Gasteiger partial charge in [-0.15, -0.1) is 0 Å². The van der Waals surface area contributed by atoms with Crippen molar-refractivity contribution >= 4 is 15.9 Å². The van der Waals surface area contributed by atoms with Crippen LogP contribution < -0.4 is 5.32 Å². The molecule has 0 aromatic heterocycles. The van der Waals surface area contributed by atoms with Gasteiger partial charge in [-0.2, -0.15) is 0 Å². The molecule has 0 aromatic rings. The molecule has 2 aliphatic rings. The molecular weight excluding hydrogens is 264 g/mol. The number of rotatable bonds is 6.